The van der Waals surface area contributed by atoms with Crippen LogP contribution in [0.5, 0.6) is 0 Å². The molecule has 0 heterocycles. The first kappa shape index (κ1) is 28.0. The molecule has 0 aromatic heterocycles. The number of carbonyl (C=O) groups excluding carboxylic acids is 2. The fraction of sp³-hybridized carbons (Fsp3) is 0.481. The van der Waals surface area contributed by atoms with Crippen molar-refractivity contribution in [1.82, 2.24) is 10.2 Å². The molecule has 3 rings (SSSR count). The standard InChI is InChI=1S/C27H36ClN3O4S/c1-4-24(27(33)29-23-13-9-6-10-14-23)30(18-21-11-7-5-8-12-21)26(32)19-31(36(3,34)35)25-17-22(28)16-15-20(25)2/h5,7-8,11-12,15-17,23-24H,4,6,9-10,13-14,18-19H2,1-3H3,(H,29,33)/t24-/m1/s1. The Hall–Kier alpha value is -2.58. The van der Waals surface area contributed by atoms with Crippen molar-refractivity contribution < 1.29 is 18.0 Å². The van der Waals surface area contributed by atoms with Gasteiger partial charge in [-0.25, -0.2) is 8.42 Å². The normalized spacial score (nSPS) is 15.2. The Morgan fingerprint density at radius 1 is 1.08 bits per heavy atom. The van der Waals surface area contributed by atoms with Crippen LogP contribution < -0.4 is 9.62 Å². The average Bonchev–Trinajstić information content (AvgIpc) is 2.84. The van der Waals surface area contributed by atoms with Crippen molar-refractivity contribution in [3.63, 3.8) is 0 Å². The summed E-state index contributed by atoms with van der Waals surface area (Å²) in [6.07, 6.45) is 6.68. The molecule has 0 radical (unpaired) electrons. The number of nitrogens with one attached hydrogen (secondary N) is 1. The number of nitrogens with zero attached hydrogens (tertiary/aromatic N) is 2. The number of hydrogen-bond acceptors (Lipinski definition) is 4. The van der Waals surface area contributed by atoms with E-state index in [0.717, 1.165) is 41.8 Å². The minimum atomic E-state index is -3.81. The molecule has 2 aromatic rings. The van der Waals surface area contributed by atoms with Gasteiger partial charge in [-0.05, 0) is 49.4 Å². The van der Waals surface area contributed by atoms with Crippen molar-refractivity contribution in [2.75, 3.05) is 17.1 Å². The highest BCUT2D eigenvalue weighted by Crippen LogP contribution is 2.27. The second-order valence-corrected chi connectivity index (χ2v) is 11.8. The Labute approximate surface area is 219 Å². The van der Waals surface area contributed by atoms with Crippen LogP contribution in [-0.4, -0.2) is 50.0 Å². The van der Waals surface area contributed by atoms with Crippen LogP contribution in [0.3, 0.4) is 0 Å². The first-order chi connectivity index (χ1) is 17.1. The summed E-state index contributed by atoms with van der Waals surface area (Å²) in [6.45, 7) is 3.40. The Balaban J connectivity index is 1.92. The molecular weight excluding hydrogens is 498 g/mol. The third-order valence-electron chi connectivity index (χ3n) is 6.65. The van der Waals surface area contributed by atoms with E-state index in [1.165, 1.54) is 11.3 Å². The van der Waals surface area contributed by atoms with E-state index in [0.29, 0.717) is 22.7 Å². The van der Waals surface area contributed by atoms with Gasteiger partial charge >= 0.3 is 0 Å². The summed E-state index contributed by atoms with van der Waals surface area (Å²) in [7, 11) is -3.81. The second-order valence-electron chi connectivity index (χ2n) is 9.48. The largest absolute Gasteiger partial charge is 0.352 e. The number of sulfonamides is 1. The zero-order valence-electron chi connectivity index (χ0n) is 21.2. The molecule has 1 aliphatic carbocycles. The average molecular weight is 534 g/mol. The lowest BCUT2D eigenvalue weighted by atomic mass is 9.95. The summed E-state index contributed by atoms with van der Waals surface area (Å²) in [4.78, 5) is 28.7. The van der Waals surface area contributed by atoms with Crippen molar-refractivity contribution >= 4 is 39.1 Å². The number of rotatable bonds is 10. The van der Waals surface area contributed by atoms with Gasteiger partial charge in [-0.3, -0.25) is 13.9 Å². The van der Waals surface area contributed by atoms with Gasteiger partial charge in [0.15, 0.2) is 0 Å². The molecule has 1 atom stereocenters. The van der Waals surface area contributed by atoms with E-state index in [4.69, 9.17) is 11.6 Å². The molecule has 2 amide bonds. The number of benzene rings is 2. The molecule has 36 heavy (non-hydrogen) atoms. The topological polar surface area (TPSA) is 86.8 Å². The second kappa shape index (κ2) is 12.6. The summed E-state index contributed by atoms with van der Waals surface area (Å²) in [5.74, 6) is -0.646. The molecule has 2 aromatic carbocycles. The van der Waals surface area contributed by atoms with Crippen LogP contribution in [0.2, 0.25) is 5.02 Å². The predicted octanol–water partition coefficient (Wildman–Crippen LogP) is 4.67. The quantitative estimate of drug-likeness (QED) is 0.481. The summed E-state index contributed by atoms with van der Waals surface area (Å²) in [6, 6.07) is 13.7. The molecule has 0 bridgehead atoms. The molecule has 1 saturated carbocycles. The fourth-order valence-corrected chi connectivity index (χ4v) is 5.76. The fourth-order valence-electron chi connectivity index (χ4n) is 4.69. The van der Waals surface area contributed by atoms with Crippen LogP contribution >= 0.6 is 11.6 Å². The molecule has 1 fully saturated rings. The molecule has 1 aliphatic rings. The van der Waals surface area contributed by atoms with Crippen LogP contribution in [0.15, 0.2) is 48.5 Å². The van der Waals surface area contributed by atoms with E-state index in [2.05, 4.69) is 5.32 Å². The Morgan fingerprint density at radius 2 is 1.75 bits per heavy atom. The van der Waals surface area contributed by atoms with Gasteiger partial charge in [0.25, 0.3) is 0 Å². The maximum Gasteiger partial charge on any atom is 0.244 e. The lowest BCUT2D eigenvalue weighted by Crippen LogP contribution is -2.54. The van der Waals surface area contributed by atoms with Crippen molar-refractivity contribution in [3.8, 4) is 0 Å². The molecule has 0 spiro atoms. The first-order valence-electron chi connectivity index (χ1n) is 12.5. The highest BCUT2D eigenvalue weighted by Gasteiger charge is 2.33. The SMILES string of the molecule is CC[C@H](C(=O)NC1CCCCC1)N(Cc1ccccc1)C(=O)CN(c1cc(Cl)ccc1C)S(C)(=O)=O. The molecule has 9 heteroatoms. The molecule has 196 valence electrons. The van der Waals surface area contributed by atoms with E-state index in [-0.39, 0.29) is 18.5 Å². The lowest BCUT2D eigenvalue weighted by molar-refractivity contribution is -0.140. The summed E-state index contributed by atoms with van der Waals surface area (Å²) >= 11 is 6.15. The Morgan fingerprint density at radius 3 is 2.36 bits per heavy atom. The third-order valence-corrected chi connectivity index (χ3v) is 8.01. The maximum absolute atomic E-state index is 13.8. The summed E-state index contributed by atoms with van der Waals surface area (Å²) in [5, 5.41) is 3.51. The summed E-state index contributed by atoms with van der Waals surface area (Å²) in [5.41, 5.74) is 1.88. The molecule has 1 N–H and O–H groups in total. The van der Waals surface area contributed by atoms with Crippen molar-refractivity contribution in [1.29, 1.82) is 0 Å². The predicted molar refractivity (Wildman–Crippen MR) is 144 cm³/mol. The van der Waals surface area contributed by atoms with Crippen LogP contribution in [0.25, 0.3) is 0 Å². The molecule has 0 unspecified atom stereocenters. The van der Waals surface area contributed by atoms with Crippen LogP contribution in [0.1, 0.15) is 56.6 Å². The molecular formula is C27H36ClN3O4S. The van der Waals surface area contributed by atoms with Crippen molar-refractivity contribution in [2.24, 2.45) is 0 Å². The van der Waals surface area contributed by atoms with Crippen LogP contribution in [0, 0.1) is 6.92 Å². The van der Waals surface area contributed by atoms with E-state index in [1.54, 1.807) is 25.1 Å². The third kappa shape index (κ3) is 7.46. The van der Waals surface area contributed by atoms with E-state index >= 15 is 0 Å². The van der Waals surface area contributed by atoms with Gasteiger partial charge in [0, 0.05) is 17.6 Å². The number of amides is 2. The minimum absolute atomic E-state index is 0.107. The number of anilines is 1. The van der Waals surface area contributed by atoms with Gasteiger partial charge in [-0.15, -0.1) is 0 Å². The smallest absolute Gasteiger partial charge is 0.244 e. The molecule has 0 aliphatic heterocycles. The monoisotopic (exact) mass is 533 g/mol. The Kier molecular flexibility index (Phi) is 9.79. The molecule has 0 saturated heterocycles. The zero-order valence-corrected chi connectivity index (χ0v) is 22.8. The molecule has 7 nitrogen and oxygen atoms in total. The van der Waals surface area contributed by atoms with Crippen molar-refractivity contribution in [2.45, 2.75) is 71.0 Å². The number of aryl methyl sites for hydroxylation is 1. The highest BCUT2D eigenvalue weighted by atomic mass is 35.5. The van der Waals surface area contributed by atoms with Gasteiger partial charge in [-0.1, -0.05) is 74.2 Å². The van der Waals surface area contributed by atoms with Gasteiger partial charge in [0.2, 0.25) is 21.8 Å². The first-order valence-corrected chi connectivity index (χ1v) is 14.7. The maximum atomic E-state index is 13.8. The number of hydrogen-bond donors (Lipinski definition) is 1. The number of carbonyl (C=O) groups is 2. The van der Waals surface area contributed by atoms with E-state index in [1.807, 2.05) is 37.3 Å². The summed E-state index contributed by atoms with van der Waals surface area (Å²) < 4.78 is 26.6. The van der Waals surface area contributed by atoms with Gasteiger partial charge < -0.3 is 10.2 Å². The van der Waals surface area contributed by atoms with Crippen LogP contribution in [0.4, 0.5) is 5.69 Å². The highest BCUT2D eigenvalue weighted by molar-refractivity contribution is 7.92. The minimum Gasteiger partial charge on any atom is -0.352 e. The van der Waals surface area contributed by atoms with Gasteiger partial charge in [0.05, 0.1) is 11.9 Å². The van der Waals surface area contributed by atoms with Gasteiger partial charge in [0.1, 0.15) is 12.6 Å². The number of halogens is 1. The van der Waals surface area contributed by atoms with Crippen LogP contribution in [-0.2, 0) is 26.2 Å². The van der Waals surface area contributed by atoms with E-state index in [9.17, 15) is 18.0 Å². The van der Waals surface area contributed by atoms with E-state index < -0.39 is 28.5 Å². The Bertz CT molecular complexity index is 1150. The van der Waals surface area contributed by atoms with Gasteiger partial charge in [-0.2, -0.15) is 0 Å². The zero-order chi connectivity index (χ0) is 26.3. The van der Waals surface area contributed by atoms with Crippen molar-refractivity contribution in [3.05, 3.63) is 64.7 Å². The lowest BCUT2D eigenvalue weighted by Gasteiger charge is -2.34.